The largest absolute Gasteiger partial charge is 0.228 e. The lowest BCUT2D eigenvalue weighted by Crippen LogP contribution is -2.08. The Labute approximate surface area is 114 Å². The van der Waals surface area contributed by atoms with Crippen molar-refractivity contribution in [3.63, 3.8) is 0 Å². The molecule has 0 radical (unpaired) electrons. The second kappa shape index (κ2) is 5.85. The van der Waals surface area contributed by atoms with Gasteiger partial charge in [0.05, 0.1) is 0 Å². The van der Waals surface area contributed by atoms with Gasteiger partial charge in [-0.25, -0.2) is 8.42 Å². The molecule has 2 nitrogen and oxygen atoms in total. The van der Waals surface area contributed by atoms with Gasteiger partial charge >= 0.3 is 0 Å². The highest BCUT2D eigenvalue weighted by atomic mass is 32.2. The van der Waals surface area contributed by atoms with Crippen LogP contribution in [0.5, 0.6) is 0 Å². The fraction of sp³-hybridized carbons (Fsp3) is 0.125. The van der Waals surface area contributed by atoms with Crippen molar-refractivity contribution < 1.29 is 8.42 Å². The van der Waals surface area contributed by atoms with Gasteiger partial charge in [0.1, 0.15) is 5.25 Å². The van der Waals surface area contributed by atoms with Crippen LogP contribution in [0.4, 0.5) is 0 Å². The van der Waals surface area contributed by atoms with Crippen molar-refractivity contribution in [2.45, 2.75) is 5.25 Å². The Morgan fingerprint density at radius 1 is 0.895 bits per heavy atom. The van der Waals surface area contributed by atoms with Gasteiger partial charge in [-0.2, -0.15) is 0 Å². The van der Waals surface area contributed by atoms with E-state index >= 15 is 0 Å². The monoisotopic (exact) mass is 272 g/mol. The third-order valence-electron chi connectivity index (χ3n) is 2.85. The van der Waals surface area contributed by atoms with E-state index in [9.17, 15) is 8.42 Å². The Morgan fingerprint density at radius 2 is 1.42 bits per heavy atom. The van der Waals surface area contributed by atoms with E-state index in [1.54, 1.807) is 6.08 Å². The number of sulfone groups is 1. The highest BCUT2D eigenvalue weighted by Crippen LogP contribution is 2.23. The van der Waals surface area contributed by atoms with Gasteiger partial charge in [-0.05, 0) is 11.1 Å². The van der Waals surface area contributed by atoms with Crippen LogP contribution >= 0.6 is 0 Å². The van der Waals surface area contributed by atoms with E-state index in [4.69, 9.17) is 0 Å². The van der Waals surface area contributed by atoms with Crippen LogP contribution < -0.4 is 0 Å². The number of hydrogen-bond donors (Lipinski definition) is 0. The molecule has 2 aromatic carbocycles. The number of benzene rings is 2. The summed E-state index contributed by atoms with van der Waals surface area (Å²) in [6, 6.07) is 18.9. The van der Waals surface area contributed by atoms with E-state index in [2.05, 4.69) is 0 Å². The molecule has 0 aliphatic rings. The molecule has 0 aliphatic heterocycles. The van der Waals surface area contributed by atoms with Gasteiger partial charge in [0.2, 0.25) is 0 Å². The first-order valence-electron chi connectivity index (χ1n) is 6.04. The minimum absolute atomic E-state index is 0.603. The molecular weight excluding hydrogens is 256 g/mol. The molecule has 19 heavy (non-hydrogen) atoms. The van der Waals surface area contributed by atoms with Crippen molar-refractivity contribution in [3.05, 3.63) is 77.9 Å². The zero-order valence-corrected chi connectivity index (χ0v) is 11.5. The van der Waals surface area contributed by atoms with Crippen LogP contribution in [-0.4, -0.2) is 14.7 Å². The van der Waals surface area contributed by atoms with Crippen molar-refractivity contribution in [2.24, 2.45) is 0 Å². The second-order valence-corrected chi connectivity index (χ2v) is 6.60. The van der Waals surface area contributed by atoms with Gasteiger partial charge in [0.15, 0.2) is 9.84 Å². The minimum Gasteiger partial charge on any atom is -0.228 e. The predicted octanol–water partition coefficient (Wildman–Crippen LogP) is 3.49. The van der Waals surface area contributed by atoms with Gasteiger partial charge in [0.25, 0.3) is 0 Å². The molecule has 0 fully saturated rings. The molecule has 98 valence electrons. The van der Waals surface area contributed by atoms with Crippen LogP contribution in [0.1, 0.15) is 16.4 Å². The Balaban J connectivity index is 2.34. The fourth-order valence-corrected chi connectivity index (χ4v) is 2.92. The van der Waals surface area contributed by atoms with E-state index in [1.165, 1.54) is 6.26 Å². The second-order valence-electron chi connectivity index (χ2n) is 4.43. The third-order valence-corrected chi connectivity index (χ3v) is 4.20. The van der Waals surface area contributed by atoms with Crippen LogP contribution in [-0.2, 0) is 9.84 Å². The molecule has 2 rings (SSSR count). The molecule has 0 spiro atoms. The molecule has 1 unspecified atom stereocenters. The zero-order chi connectivity index (χ0) is 13.7. The molecule has 3 heteroatoms. The Morgan fingerprint density at radius 3 is 1.95 bits per heavy atom. The van der Waals surface area contributed by atoms with Gasteiger partial charge in [-0.3, -0.25) is 0 Å². The highest BCUT2D eigenvalue weighted by Gasteiger charge is 2.19. The zero-order valence-electron chi connectivity index (χ0n) is 10.7. The maximum absolute atomic E-state index is 11.9. The Hall–Kier alpha value is -1.87. The van der Waals surface area contributed by atoms with E-state index in [-0.39, 0.29) is 0 Å². The number of rotatable bonds is 4. The molecule has 0 bridgehead atoms. The fourth-order valence-electron chi connectivity index (χ4n) is 1.91. The summed E-state index contributed by atoms with van der Waals surface area (Å²) in [6.07, 6.45) is 4.85. The van der Waals surface area contributed by atoms with E-state index in [0.717, 1.165) is 11.1 Å². The highest BCUT2D eigenvalue weighted by molar-refractivity contribution is 7.91. The van der Waals surface area contributed by atoms with Crippen LogP contribution in [0.2, 0.25) is 0 Å². The first-order chi connectivity index (χ1) is 9.07. The maximum atomic E-state index is 11.9. The van der Waals surface area contributed by atoms with Crippen molar-refractivity contribution >= 4 is 15.9 Å². The molecule has 0 aromatic heterocycles. The van der Waals surface area contributed by atoms with Crippen molar-refractivity contribution in [3.8, 4) is 0 Å². The topological polar surface area (TPSA) is 34.1 Å². The minimum atomic E-state index is -3.17. The first kappa shape index (κ1) is 13.6. The average molecular weight is 272 g/mol. The summed E-state index contributed by atoms with van der Waals surface area (Å²) in [6.45, 7) is 0. The molecule has 2 aromatic rings. The van der Waals surface area contributed by atoms with Crippen LogP contribution in [0.3, 0.4) is 0 Å². The molecule has 0 heterocycles. The third kappa shape index (κ3) is 3.80. The van der Waals surface area contributed by atoms with Gasteiger partial charge in [-0.1, -0.05) is 72.8 Å². The van der Waals surface area contributed by atoms with E-state index < -0.39 is 15.1 Å². The molecule has 0 saturated heterocycles. The van der Waals surface area contributed by atoms with Gasteiger partial charge in [-0.15, -0.1) is 0 Å². The summed E-state index contributed by atoms with van der Waals surface area (Å²) >= 11 is 0. The summed E-state index contributed by atoms with van der Waals surface area (Å²) in [5.74, 6) is 0. The normalized spacial score (nSPS) is 13.5. The summed E-state index contributed by atoms with van der Waals surface area (Å²) in [4.78, 5) is 0. The first-order valence-corrected chi connectivity index (χ1v) is 8.00. The molecule has 1 atom stereocenters. The van der Waals surface area contributed by atoms with Gasteiger partial charge < -0.3 is 0 Å². The summed E-state index contributed by atoms with van der Waals surface area (Å²) in [7, 11) is -3.17. The lowest BCUT2D eigenvalue weighted by atomic mass is 10.1. The van der Waals surface area contributed by atoms with Crippen LogP contribution in [0.25, 0.3) is 6.08 Å². The molecular formula is C16H16O2S. The smallest absolute Gasteiger partial charge is 0.158 e. The molecule has 0 aliphatic carbocycles. The van der Waals surface area contributed by atoms with Crippen LogP contribution in [0, 0.1) is 0 Å². The SMILES string of the molecule is CS(=O)(=O)C(/C=C/c1ccccc1)c1ccccc1. The Kier molecular flexibility index (Phi) is 4.17. The quantitative estimate of drug-likeness (QED) is 0.854. The molecule has 0 saturated carbocycles. The average Bonchev–Trinajstić information content (AvgIpc) is 2.40. The standard InChI is InChI=1S/C16H16O2S/c1-19(17,18)16(15-10-6-3-7-11-15)13-12-14-8-4-2-5-9-14/h2-13,16H,1H3/b13-12+. The molecule has 0 N–H and O–H groups in total. The summed E-state index contributed by atoms with van der Waals surface area (Å²) in [5.41, 5.74) is 1.78. The summed E-state index contributed by atoms with van der Waals surface area (Å²) < 4.78 is 23.8. The summed E-state index contributed by atoms with van der Waals surface area (Å²) in [5, 5.41) is -0.603. The lowest BCUT2D eigenvalue weighted by molar-refractivity contribution is 0.596. The van der Waals surface area contributed by atoms with Crippen molar-refractivity contribution in [1.29, 1.82) is 0 Å². The maximum Gasteiger partial charge on any atom is 0.158 e. The van der Waals surface area contributed by atoms with Gasteiger partial charge in [0, 0.05) is 6.26 Å². The van der Waals surface area contributed by atoms with Crippen LogP contribution in [0.15, 0.2) is 66.7 Å². The van der Waals surface area contributed by atoms with Crippen molar-refractivity contribution in [2.75, 3.05) is 6.26 Å². The lowest BCUT2D eigenvalue weighted by Gasteiger charge is -2.11. The van der Waals surface area contributed by atoms with Crippen molar-refractivity contribution in [1.82, 2.24) is 0 Å². The molecule has 0 amide bonds. The predicted molar refractivity (Wildman–Crippen MR) is 79.5 cm³/mol. The van der Waals surface area contributed by atoms with E-state index in [1.807, 2.05) is 66.7 Å². The van der Waals surface area contributed by atoms with E-state index in [0.29, 0.717) is 0 Å². The number of hydrogen-bond acceptors (Lipinski definition) is 2. The Bertz CT molecular complexity index is 644.